The minimum absolute atomic E-state index is 0.189. The zero-order valence-electron chi connectivity index (χ0n) is 14.2. The molecule has 0 aliphatic carbocycles. The van der Waals surface area contributed by atoms with E-state index in [-0.39, 0.29) is 5.41 Å². The molecule has 0 radical (unpaired) electrons. The minimum atomic E-state index is 0.189. The maximum absolute atomic E-state index is 3.69. The first kappa shape index (κ1) is 16.5. The Labute approximate surface area is 130 Å². The summed E-state index contributed by atoms with van der Waals surface area (Å²) >= 11 is 0. The predicted octanol–water partition coefficient (Wildman–Crippen LogP) is 3.67. The molecule has 1 aromatic carbocycles. The third-order valence-electron chi connectivity index (χ3n) is 4.78. The highest BCUT2D eigenvalue weighted by atomic mass is 15.2. The number of benzene rings is 1. The van der Waals surface area contributed by atoms with Gasteiger partial charge in [0.2, 0.25) is 0 Å². The number of hydrogen-bond donors (Lipinski definition) is 1. The summed E-state index contributed by atoms with van der Waals surface area (Å²) in [7, 11) is 0. The molecule has 0 amide bonds. The molecule has 118 valence electrons. The maximum Gasteiger partial charge on any atom is 0.0177 e. The minimum Gasteiger partial charge on any atom is -0.316 e. The van der Waals surface area contributed by atoms with Crippen LogP contribution < -0.4 is 5.32 Å². The highest BCUT2D eigenvalue weighted by molar-refractivity contribution is 5.26. The van der Waals surface area contributed by atoms with Gasteiger partial charge in [0.05, 0.1) is 0 Å². The van der Waals surface area contributed by atoms with E-state index in [2.05, 4.69) is 68.2 Å². The molecule has 1 fully saturated rings. The van der Waals surface area contributed by atoms with Crippen molar-refractivity contribution in [2.75, 3.05) is 26.2 Å². The van der Waals surface area contributed by atoms with Gasteiger partial charge in [-0.2, -0.15) is 0 Å². The van der Waals surface area contributed by atoms with Crippen molar-refractivity contribution in [2.24, 2.45) is 5.92 Å². The summed E-state index contributed by atoms with van der Waals surface area (Å²) in [6.07, 6.45) is 2.70. The van der Waals surface area contributed by atoms with Crippen LogP contribution in [0.4, 0.5) is 0 Å². The molecule has 1 aromatic rings. The van der Waals surface area contributed by atoms with Crippen LogP contribution in [-0.4, -0.2) is 37.1 Å². The third-order valence-corrected chi connectivity index (χ3v) is 4.78. The van der Waals surface area contributed by atoms with Gasteiger partial charge in [-0.25, -0.2) is 0 Å². The van der Waals surface area contributed by atoms with Gasteiger partial charge in [-0.3, -0.25) is 4.90 Å². The fourth-order valence-corrected chi connectivity index (χ4v) is 3.40. The zero-order chi connectivity index (χ0) is 15.3. The lowest BCUT2D eigenvalue weighted by molar-refractivity contribution is 0.204. The summed E-state index contributed by atoms with van der Waals surface area (Å²) in [6, 6.07) is 11.8. The molecule has 0 bridgehead atoms. The Morgan fingerprint density at radius 2 is 2.00 bits per heavy atom. The summed E-state index contributed by atoms with van der Waals surface area (Å²) in [6.45, 7) is 13.9. The van der Waals surface area contributed by atoms with Gasteiger partial charge in [-0.1, -0.05) is 51.1 Å². The molecule has 1 N–H and O–H groups in total. The van der Waals surface area contributed by atoms with Crippen LogP contribution in [0.25, 0.3) is 0 Å². The van der Waals surface area contributed by atoms with E-state index in [1.54, 1.807) is 0 Å². The van der Waals surface area contributed by atoms with Crippen LogP contribution in [0.5, 0.6) is 0 Å². The first-order chi connectivity index (χ1) is 10.0. The lowest BCUT2D eigenvalue weighted by atomic mass is 9.81. The number of rotatable bonds is 7. The largest absolute Gasteiger partial charge is 0.316 e. The van der Waals surface area contributed by atoms with Gasteiger partial charge in [-0.15, -0.1) is 0 Å². The molecular weight excluding hydrogens is 256 g/mol. The fraction of sp³-hybridized carbons (Fsp3) is 0.684. The summed E-state index contributed by atoms with van der Waals surface area (Å²) < 4.78 is 0. The molecule has 2 heteroatoms. The molecule has 0 saturated carbocycles. The van der Waals surface area contributed by atoms with E-state index in [4.69, 9.17) is 0 Å². The van der Waals surface area contributed by atoms with Crippen molar-refractivity contribution < 1.29 is 0 Å². The molecule has 2 rings (SSSR count). The van der Waals surface area contributed by atoms with E-state index in [9.17, 15) is 0 Å². The van der Waals surface area contributed by atoms with Crippen molar-refractivity contribution in [2.45, 2.75) is 52.0 Å². The molecule has 2 unspecified atom stereocenters. The molecule has 2 atom stereocenters. The number of likely N-dealkylation sites (tertiary alicyclic amines) is 1. The second-order valence-corrected chi connectivity index (χ2v) is 7.41. The highest BCUT2D eigenvalue weighted by Gasteiger charge is 2.32. The van der Waals surface area contributed by atoms with Gasteiger partial charge in [0, 0.05) is 24.5 Å². The highest BCUT2D eigenvalue weighted by Crippen LogP contribution is 2.28. The van der Waals surface area contributed by atoms with Crippen molar-refractivity contribution >= 4 is 0 Å². The Kier molecular flexibility index (Phi) is 5.83. The summed E-state index contributed by atoms with van der Waals surface area (Å²) in [5, 5.41) is 3.69. The van der Waals surface area contributed by atoms with Gasteiger partial charge >= 0.3 is 0 Å². The maximum atomic E-state index is 3.69. The second-order valence-electron chi connectivity index (χ2n) is 7.41. The molecule has 1 aliphatic heterocycles. The van der Waals surface area contributed by atoms with Crippen LogP contribution in [0, 0.1) is 5.92 Å². The van der Waals surface area contributed by atoms with Crippen molar-refractivity contribution in [1.29, 1.82) is 0 Å². The van der Waals surface area contributed by atoms with Crippen LogP contribution >= 0.6 is 0 Å². The van der Waals surface area contributed by atoms with E-state index in [1.165, 1.54) is 24.9 Å². The molecule has 0 aromatic heterocycles. The van der Waals surface area contributed by atoms with E-state index in [0.29, 0.717) is 5.92 Å². The van der Waals surface area contributed by atoms with Crippen LogP contribution in [0.15, 0.2) is 30.3 Å². The predicted molar refractivity (Wildman–Crippen MR) is 91.8 cm³/mol. The summed E-state index contributed by atoms with van der Waals surface area (Å²) in [5.74, 6) is 0.704. The Hall–Kier alpha value is -0.860. The molecule has 2 nitrogen and oxygen atoms in total. The average molecular weight is 288 g/mol. The standard InChI is InChI=1S/C19H32N2/c1-16(2)13-20-14-19(4,18-10-6-5-7-11-18)15-21-12-8-9-17(21)3/h5-7,10-11,16-17,20H,8-9,12-15H2,1-4H3. The van der Waals surface area contributed by atoms with E-state index in [1.807, 2.05) is 0 Å². The summed E-state index contributed by atoms with van der Waals surface area (Å²) in [5.41, 5.74) is 1.65. The Morgan fingerprint density at radius 1 is 1.29 bits per heavy atom. The number of nitrogens with zero attached hydrogens (tertiary/aromatic N) is 1. The fourth-order valence-electron chi connectivity index (χ4n) is 3.40. The summed E-state index contributed by atoms with van der Waals surface area (Å²) in [4.78, 5) is 2.67. The Balaban J connectivity index is 2.09. The van der Waals surface area contributed by atoms with Crippen molar-refractivity contribution in [3.05, 3.63) is 35.9 Å². The van der Waals surface area contributed by atoms with Crippen LogP contribution in [0.2, 0.25) is 0 Å². The Morgan fingerprint density at radius 3 is 2.57 bits per heavy atom. The van der Waals surface area contributed by atoms with Crippen molar-refractivity contribution in [3.8, 4) is 0 Å². The quantitative estimate of drug-likeness (QED) is 0.823. The number of hydrogen-bond acceptors (Lipinski definition) is 2. The second kappa shape index (κ2) is 7.42. The normalized spacial score (nSPS) is 22.6. The topological polar surface area (TPSA) is 15.3 Å². The van der Waals surface area contributed by atoms with Gasteiger partial charge in [0.1, 0.15) is 0 Å². The molecular formula is C19H32N2. The van der Waals surface area contributed by atoms with Gasteiger partial charge in [0.25, 0.3) is 0 Å². The molecule has 1 heterocycles. The first-order valence-electron chi connectivity index (χ1n) is 8.51. The van der Waals surface area contributed by atoms with Crippen LogP contribution in [-0.2, 0) is 5.41 Å². The van der Waals surface area contributed by atoms with Crippen LogP contribution in [0.3, 0.4) is 0 Å². The number of nitrogens with one attached hydrogen (secondary N) is 1. The monoisotopic (exact) mass is 288 g/mol. The van der Waals surface area contributed by atoms with Crippen molar-refractivity contribution in [3.63, 3.8) is 0 Å². The molecule has 1 saturated heterocycles. The molecule has 1 aliphatic rings. The SMILES string of the molecule is CC(C)CNCC(C)(CN1CCCC1C)c1ccccc1. The average Bonchev–Trinajstić information content (AvgIpc) is 2.84. The van der Waals surface area contributed by atoms with Gasteiger partial charge < -0.3 is 5.32 Å². The zero-order valence-corrected chi connectivity index (χ0v) is 14.2. The van der Waals surface area contributed by atoms with E-state index >= 15 is 0 Å². The smallest absolute Gasteiger partial charge is 0.0177 e. The van der Waals surface area contributed by atoms with Crippen molar-refractivity contribution in [1.82, 2.24) is 10.2 Å². The first-order valence-corrected chi connectivity index (χ1v) is 8.51. The lowest BCUT2D eigenvalue weighted by Gasteiger charge is -2.36. The molecule has 21 heavy (non-hydrogen) atoms. The third kappa shape index (κ3) is 4.55. The Bertz CT molecular complexity index is 415. The van der Waals surface area contributed by atoms with Crippen LogP contribution in [0.1, 0.15) is 46.1 Å². The van der Waals surface area contributed by atoms with E-state index < -0.39 is 0 Å². The van der Waals surface area contributed by atoms with Gasteiger partial charge in [0.15, 0.2) is 0 Å². The van der Waals surface area contributed by atoms with E-state index in [0.717, 1.165) is 25.7 Å². The van der Waals surface area contributed by atoms with Gasteiger partial charge in [-0.05, 0) is 44.3 Å². The lowest BCUT2D eigenvalue weighted by Crippen LogP contribution is -2.47. The molecule has 0 spiro atoms.